The molecule has 0 bridgehead atoms. The number of hydrogen-bond acceptors (Lipinski definition) is 7. The molecule has 0 radical (unpaired) electrons. The number of aromatic amines is 1. The number of aromatic nitrogens is 4. The molecule has 1 aliphatic carbocycles. The van der Waals surface area contributed by atoms with Crippen molar-refractivity contribution in [1.29, 1.82) is 0 Å². The van der Waals surface area contributed by atoms with Crippen molar-refractivity contribution in [3.63, 3.8) is 0 Å². The molecule has 0 spiro atoms. The predicted octanol–water partition coefficient (Wildman–Crippen LogP) is 3.85. The van der Waals surface area contributed by atoms with E-state index in [-0.39, 0.29) is 0 Å². The van der Waals surface area contributed by atoms with Gasteiger partial charge in [0.1, 0.15) is 15.1 Å². The lowest BCUT2D eigenvalue weighted by Gasteiger charge is -2.06. The van der Waals surface area contributed by atoms with Gasteiger partial charge in [-0.25, -0.2) is 14.2 Å². The number of hydrogen-bond donors (Lipinski definition) is 3. The molecule has 4 rings (SSSR count). The normalized spacial score (nSPS) is 15.3. The maximum absolute atomic E-state index is 11.2. The molecular weight excluding hydrogens is 378 g/mol. The maximum Gasteiger partial charge on any atom is 0.196 e. The van der Waals surface area contributed by atoms with E-state index < -0.39 is 11.1 Å². The minimum atomic E-state index is -1.99. The van der Waals surface area contributed by atoms with Gasteiger partial charge in [0, 0.05) is 23.7 Å². The fourth-order valence-electron chi connectivity index (χ4n) is 2.37. The smallest absolute Gasteiger partial charge is 0.196 e. The van der Waals surface area contributed by atoms with Crippen molar-refractivity contribution in [2.45, 2.75) is 28.0 Å². The third kappa shape index (κ3) is 3.76. The standard InChI is InChI=1S/C15H15N5O2S3/c1-23-13-7-11(16-12-6-9(19-20-12)8-2-3-8)17-15(18-13)10-4-5-14(24-10)25(21)22/h4-8H,2-3H2,1H3,(H,21,22)(H2,16,17,18,19,20). The third-order valence-electron chi connectivity index (χ3n) is 3.76. The molecule has 7 nitrogen and oxygen atoms in total. The third-order valence-corrected chi connectivity index (χ3v) is 6.42. The average molecular weight is 394 g/mol. The van der Waals surface area contributed by atoms with Gasteiger partial charge in [0.2, 0.25) is 0 Å². The van der Waals surface area contributed by atoms with Gasteiger partial charge in [-0.2, -0.15) is 5.10 Å². The van der Waals surface area contributed by atoms with E-state index in [0.29, 0.717) is 21.8 Å². The van der Waals surface area contributed by atoms with Crippen molar-refractivity contribution >= 4 is 45.8 Å². The Labute approximate surface area is 155 Å². The molecule has 1 aliphatic rings. The monoisotopic (exact) mass is 393 g/mol. The Morgan fingerprint density at radius 1 is 1.32 bits per heavy atom. The summed E-state index contributed by atoms with van der Waals surface area (Å²) in [6.07, 6.45) is 4.37. The van der Waals surface area contributed by atoms with Crippen molar-refractivity contribution < 1.29 is 8.76 Å². The minimum Gasteiger partial charge on any atom is -0.323 e. The highest BCUT2D eigenvalue weighted by molar-refractivity contribution is 7.98. The summed E-state index contributed by atoms with van der Waals surface area (Å²) < 4.78 is 20.8. The molecule has 25 heavy (non-hydrogen) atoms. The van der Waals surface area contributed by atoms with Crippen LogP contribution in [0.15, 0.2) is 33.5 Å². The Kier molecular flexibility index (Phi) is 4.59. The molecule has 0 aromatic carbocycles. The molecule has 1 fully saturated rings. The Hall–Kier alpha value is -1.75. The Balaban J connectivity index is 1.63. The van der Waals surface area contributed by atoms with E-state index in [1.54, 1.807) is 12.1 Å². The Bertz CT molecular complexity index is 935. The van der Waals surface area contributed by atoms with Gasteiger partial charge in [0.15, 0.2) is 22.7 Å². The van der Waals surface area contributed by atoms with Crippen LogP contribution in [0.5, 0.6) is 0 Å². The molecule has 3 heterocycles. The van der Waals surface area contributed by atoms with Gasteiger partial charge in [-0.1, -0.05) is 0 Å². The first-order valence-electron chi connectivity index (χ1n) is 7.59. The highest BCUT2D eigenvalue weighted by atomic mass is 32.2. The van der Waals surface area contributed by atoms with Crippen molar-refractivity contribution in [2.24, 2.45) is 0 Å². The van der Waals surface area contributed by atoms with Crippen molar-refractivity contribution in [1.82, 2.24) is 20.2 Å². The minimum absolute atomic E-state index is 0.379. The van der Waals surface area contributed by atoms with E-state index in [9.17, 15) is 8.76 Å². The van der Waals surface area contributed by atoms with Crippen LogP contribution in [-0.2, 0) is 11.1 Å². The van der Waals surface area contributed by atoms with Crippen LogP contribution >= 0.6 is 23.1 Å². The van der Waals surface area contributed by atoms with Crippen LogP contribution in [0.2, 0.25) is 0 Å². The first-order chi connectivity index (χ1) is 12.1. The summed E-state index contributed by atoms with van der Waals surface area (Å²) in [5.74, 6) is 2.49. The molecule has 0 aliphatic heterocycles. The zero-order chi connectivity index (χ0) is 17.4. The molecule has 3 aromatic rings. The number of anilines is 2. The molecule has 130 valence electrons. The molecule has 3 N–H and O–H groups in total. The Morgan fingerprint density at radius 3 is 2.84 bits per heavy atom. The predicted molar refractivity (Wildman–Crippen MR) is 100 cm³/mol. The van der Waals surface area contributed by atoms with Gasteiger partial charge in [-0.3, -0.25) is 5.10 Å². The van der Waals surface area contributed by atoms with Crippen LogP contribution in [0.4, 0.5) is 11.6 Å². The average Bonchev–Trinajstić information content (AvgIpc) is 3.15. The SMILES string of the molecule is CSc1cc(Nc2cc(C3CC3)[nH]n2)nc(-c2ccc(S(=O)O)s2)n1. The summed E-state index contributed by atoms with van der Waals surface area (Å²) in [6.45, 7) is 0. The number of rotatable bonds is 6. The number of thiophene rings is 1. The molecule has 0 saturated heterocycles. The van der Waals surface area contributed by atoms with Gasteiger partial charge >= 0.3 is 0 Å². The highest BCUT2D eigenvalue weighted by Crippen LogP contribution is 2.39. The van der Waals surface area contributed by atoms with Gasteiger partial charge in [-0.05, 0) is 31.2 Å². The fourth-order valence-corrected chi connectivity index (χ4v) is 4.19. The quantitative estimate of drug-likeness (QED) is 0.332. The van der Waals surface area contributed by atoms with Crippen molar-refractivity contribution in [3.05, 3.63) is 30.0 Å². The number of thioether (sulfide) groups is 1. The van der Waals surface area contributed by atoms with Gasteiger partial charge in [0.05, 0.1) is 4.88 Å². The summed E-state index contributed by atoms with van der Waals surface area (Å²) in [4.78, 5) is 9.77. The van der Waals surface area contributed by atoms with E-state index in [2.05, 4.69) is 25.5 Å². The summed E-state index contributed by atoms with van der Waals surface area (Å²) in [5, 5.41) is 11.4. The Morgan fingerprint density at radius 2 is 2.16 bits per heavy atom. The number of nitrogens with one attached hydrogen (secondary N) is 2. The second kappa shape index (κ2) is 6.87. The van der Waals surface area contributed by atoms with Crippen LogP contribution in [0.25, 0.3) is 10.7 Å². The van der Waals surface area contributed by atoms with E-state index in [1.807, 2.05) is 18.4 Å². The molecule has 1 saturated carbocycles. The first-order valence-corrected chi connectivity index (χ1v) is 10.7. The second-order valence-corrected chi connectivity index (χ2v) is 8.70. The van der Waals surface area contributed by atoms with E-state index >= 15 is 0 Å². The lowest BCUT2D eigenvalue weighted by molar-refractivity contribution is 0.566. The van der Waals surface area contributed by atoms with Crippen LogP contribution in [-0.4, -0.2) is 35.2 Å². The van der Waals surface area contributed by atoms with Crippen LogP contribution in [0.3, 0.4) is 0 Å². The van der Waals surface area contributed by atoms with Crippen molar-refractivity contribution in [3.8, 4) is 10.7 Å². The largest absolute Gasteiger partial charge is 0.323 e. The molecule has 3 aromatic heterocycles. The van der Waals surface area contributed by atoms with Gasteiger partial charge in [-0.15, -0.1) is 23.1 Å². The molecule has 10 heteroatoms. The zero-order valence-electron chi connectivity index (χ0n) is 13.2. The molecule has 1 atom stereocenters. The summed E-state index contributed by atoms with van der Waals surface area (Å²) in [7, 11) is 0. The molecular formula is C15H15N5O2S3. The first kappa shape index (κ1) is 16.7. The second-order valence-electron chi connectivity index (χ2n) is 5.59. The van der Waals surface area contributed by atoms with Crippen molar-refractivity contribution in [2.75, 3.05) is 11.6 Å². The van der Waals surface area contributed by atoms with Crippen LogP contribution in [0, 0.1) is 0 Å². The highest BCUT2D eigenvalue weighted by Gasteiger charge is 2.25. The maximum atomic E-state index is 11.2. The summed E-state index contributed by atoms with van der Waals surface area (Å²) in [6, 6.07) is 7.25. The fraction of sp³-hybridized carbons (Fsp3) is 0.267. The summed E-state index contributed by atoms with van der Waals surface area (Å²) >= 11 is 0.728. The van der Waals surface area contributed by atoms with Gasteiger partial charge < -0.3 is 9.87 Å². The zero-order valence-corrected chi connectivity index (χ0v) is 15.7. The lowest BCUT2D eigenvalue weighted by Crippen LogP contribution is -1.98. The number of H-pyrrole nitrogens is 1. The molecule has 1 unspecified atom stereocenters. The topological polar surface area (TPSA) is 104 Å². The van der Waals surface area contributed by atoms with E-state index in [4.69, 9.17) is 0 Å². The van der Waals surface area contributed by atoms with E-state index in [0.717, 1.165) is 21.4 Å². The molecule has 0 amide bonds. The van der Waals surface area contributed by atoms with E-state index in [1.165, 1.54) is 35.9 Å². The summed E-state index contributed by atoms with van der Waals surface area (Å²) in [5.41, 5.74) is 1.15. The van der Waals surface area contributed by atoms with Gasteiger partial charge in [0.25, 0.3) is 0 Å². The number of nitrogens with zero attached hydrogens (tertiary/aromatic N) is 3. The van der Waals surface area contributed by atoms with Crippen LogP contribution < -0.4 is 5.32 Å². The van der Waals surface area contributed by atoms with Crippen LogP contribution in [0.1, 0.15) is 24.5 Å². The lowest BCUT2D eigenvalue weighted by atomic mass is 10.3.